The van der Waals surface area contributed by atoms with E-state index in [2.05, 4.69) is 15.4 Å². The Hall–Kier alpha value is -2.97. The molecule has 3 heterocycles. The van der Waals surface area contributed by atoms with Gasteiger partial charge in [-0.15, -0.1) is 0 Å². The molecule has 0 radical (unpaired) electrons. The maximum Gasteiger partial charge on any atom is 0.340 e. The van der Waals surface area contributed by atoms with Crippen molar-refractivity contribution in [3.63, 3.8) is 0 Å². The number of pyridine rings is 1. The van der Waals surface area contributed by atoms with Gasteiger partial charge < -0.3 is 10.1 Å². The number of carbonyl (C=O) groups is 3. The van der Waals surface area contributed by atoms with Crippen molar-refractivity contribution in [3.8, 4) is 0 Å². The largest absolute Gasteiger partial charge is 0.449 e. The van der Waals surface area contributed by atoms with Gasteiger partial charge in [0.15, 0.2) is 11.8 Å². The summed E-state index contributed by atoms with van der Waals surface area (Å²) in [5, 5.41) is 7.48. The lowest BCUT2D eigenvalue weighted by molar-refractivity contribution is -0.136. The normalized spacial score (nSPS) is 15.5. The summed E-state index contributed by atoms with van der Waals surface area (Å²) in [5.41, 5.74) is 0.894. The first-order valence-corrected chi connectivity index (χ1v) is 8.02. The number of ether oxygens (including phenoxy) is 1. The minimum absolute atomic E-state index is 0.145. The average molecular weight is 345 g/mol. The lowest BCUT2D eigenvalue weighted by Gasteiger charge is -2.18. The van der Waals surface area contributed by atoms with Gasteiger partial charge in [0.2, 0.25) is 0 Å². The molecule has 0 aliphatic carbocycles. The zero-order valence-electron chi connectivity index (χ0n) is 14.2. The second-order valence-corrected chi connectivity index (χ2v) is 6.09. The van der Waals surface area contributed by atoms with Crippen LogP contribution in [0.15, 0.2) is 18.5 Å². The smallest absolute Gasteiger partial charge is 0.340 e. The summed E-state index contributed by atoms with van der Waals surface area (Å²) in [7, 11) is 0. The van der Waals surface area contributed by atoms with Crippen LogP contribution in [0.5, 0.6) is 0 Å². The van der Waals surface area contributed by atoms with Crippen molar-refractivity contribution in [3.05, 3.63) is 24.0 Å². The van der Waals surface area contributed by atoms with Crippen molar-refractivity contribution in [1.29, 1.82) is 0 Å². The Balaban J connectivity index is 1.73. The van der Waals surface area contributed by atoms with E-state index in [1.54, 1.807) is 16.9 Å². The standard InChI is InChI=1S/C16H19N5O4/c1-9(2)21-13-11(8-19-21)6-12(7-18-13)15(23)25-10(3)14(22)20-5-4-17-16(20)24/h6-10H,4-5H2,1-3H3,(H,17,24). The summed E-state index contributed by atoms with van der Waals surface area (Å²) in [6, 6.07) is 1.29. The van der Waals surface area contributed by atoms with Gasteiger partial charge in [-0.25, -0.2) is 19.3 Å². The lowest BCUT2D eigenvalue weighted by atomic mass is 10.2. The molecule has 1 N–H and O–H groups in total. The van der Waals surface area contributed by atoms with Gasteiger partial charge in [0.1, 0.15) is 0 Å². The predicted octanol–water partition coefficient (Wildman–Crippen LogP) is 1.11. The fourth-order valence-corrected chi connectivity index (χ4v) is 2.61. The van der Waals surface area contributed by atoms with Gasteiger partial charge >= 0.3 is 12.0 Å². The SMILES string of the molecule is CC(OC(=O)c1cnc2c(cnn2C(C)C)c1)C(=O)N1CCNC1=O. The summed E-state index contributed by atoms with van der Waals surface area (Å²) in [5.74, 6) is -1.22. The van der Waals surface area contributed by atoms with Crippen LogP contribution >= 0.6 is 0 Å². The van der Waals surface area contributed by atoms with E-state index in [1.165, 1.54) is 13.1 Å². The molecule has 0 aromatic carbocycles. The number of nitrogens with zero attached hydrogens (tertiary/aromatic N) is 4. The number of amides is 3. The minimum atomic E-state index is -1.06. The molecular weight excluding hydrogens is 326 g/mol. The number of hydrogen-bond donors (Lipinski definition) is 1. The molecular formula is C16H19N5O4. The second-order valence-electron chi connectivity index (χ2n) is 6.09. The molecule has 0 bridgehead atoms. The van der Waals surface area contributed by atoms with E-state index in [9.17, 15) is 14.4 Å². The van der Waals surface area contributed by atoms with Gasteiger partial charge in [0.05, 0.1) is 11.8 Å². The van der Waals surface area contributed by atoms with Gasteiger partial charge in [-0.3, -0.25) is 9.69 Å². The quantitative estimate of drug-likeness (QED) is 0.832. The van der Waals surface area contributed by atoms with Gasteiger partial charge in [-0.2, -0.15) is 5.10 Å². The van der Waals surface area contributed by atoms with Crippen LogP contribution in [-0.4, -0.2) is 56.8 Å². The van der Waals surface area contributed by atoms with Crippen LogP contribution in [-0.2, 0) is 9.53 Å². The highest BCUT2D eigenvalue weighted by Crippen LogP contribution is 2.17. The van der Waals surface area contributed by atoms with Crippen LogP contribution < -0.4 is 5.32 Å². The zero-order valence-corrected chi connectivity index (χ0v) is 14.2. The van der Waals surface area contributed by atoms with Gasteiger partial charge in [0, 0.05) is 30.7 Å². The number of fused-ring (bicyclic) bond motifs is 1. The molecule has 3 amide bonds. The summed E-state index contributed by atoms with van der Waals surface area (Å²) in [6.07, 6.45) is 1.96. The lowest BCUT2D eigenvalue weighted by Crippen LogP contribution is -2.41. The Labute approximate surface area is 143 Å². The first-order valence-electron chi connectivity index (χ1n) is 8.02. The number of carbonyl (C=O) groups excluding carboxylic acids is 3. The molecule has 1 fully saturated rings. The number of rotatable bonds is 4. The van der Waals surface area contributed by atoms with Crippen LogP contribution in [0.25, 0.3) is 11.0 Å². The molecule has 0 spiro atoms. The number of esters is 1. The van der Waals surface area contributed by atoms with Gasteiger partial charge in [-0.05, 0) is 26.8 Å². The zero-order chi connectivity index (χ0) is 18.1. The Morgan fingerprint density at radius 1 is 1.28 bits per heavy atom. The van der Waals surface area contributed by atoms with Crippen LogP contribution in [0.2, 0.25) is 0 Å². The Morgan fingerprint density at radius 3 is 2.68 bits per heavy atom. The van der Waals surface area contributed by atoms with E-state index < -0.39 is 24.0 Å². The van der Waals surface area contributed by atoms with Crippen molar-refractivity contribution in [2.24, 2.45) is 0 Å². The molecule has 1 atom stereocenters. The van der Waals surface area contributed by atoms with Crippen LogP contribution in [0.3, 0.4) is 0 Å². The van der Waals surface area contributed by atoms with Crippen LogP contribution in [0.4, 0.5) is 4.79 Å². The fraction of sp³-hybridized carbons (Fsp3) is 0.438. The molecule has 1 aliphatic rings. The maximum absolute atomic E-state index is 12.3. The number of imide groups is 1. The Bertz CT molecular complexity index is 844. The predicted molar refractivity (Wildman–Crippen MR) is 87.9 cm³/mol. The highest BCUT2D eigenvalue weighted by atomic mass is 16.5. The molecule has 25 heavy (non-hydrogen) atoms. The highest BCUT2D eigenvalue weighted by Gasteiger charge is 2.31. The monoisotopic (exact) mass is 345 g/mol. The Morgan fingerprint density at radius 2 is 2.04 bits per heavy atom. The maximum atomic E-state index is 12.3. The van der Waals surface area contributed by atoms with Crippen LogP contribution in [0.1, 0.15) is 37.2 Å². The van der Waals surface area contributed by atoms with Crippen molar-refractivity contribution in [2.45, 2.75) is 32.9 Å². The van der Waals surface area contributed by atoms with E-state index >= 15 is 0 Å². The third kappa shape index (κ3) is 3.17. The topological polar surface area (TPSA) is 106 Å². The number of urea groups is 1. The molecule has 2 aromatic rings. The molecule has 132 valence electrons. The van der Waals surface area contributed by atoms with Crippen molar-refractivity contribution >= 4 is 28.9 Å². The summed E-state index contributed by atoms with van der Waals surface area (Å²) in [4.78, 5) is 41.3. The second kappa shape index (κ2) is 6.50. The van der Waals surface area contributed by atoms with E-state index in [1.807, 2.05) is 13.8 Å². The summed E-state index contributed by atoms with van der Waals surface area (Å²) in [6.45, 7) is 6.07. The third-order valence-electron chi connectivity index (χ3n) is 3.91. The highest BCUT2D eigenvalue weighted by molar-refractivity contribution is 6.00. The van der Waals surface area contributed by atoms with E-state index in [0.29, 0.717) is 17.6 Å². The molecule has 0 saturated carbocycles. The fourth-order valence-electron chi connectivity index (χ4n) is 2.61. The van der Waals surface area contributed by atoms with Gasteiger partial charge in [-0.1, -0.05) is 0 Å². The van der Waals surface area contributed by atoms with Crippen molar-refractivity contribution in [2.75, 3.05) is 13.1 Å². The number of aromatic nitrogens is 3. The molecule has 9 nitrogen and oxygen atoms in total. The summed E-state index contributed by atoms with van der Waals surface area (Å²) >= 11 is 0. The van der Waals surface area contributed by atoms with E-state index in [4.69, 9.17) is 4.74 Å². The van der Waals surface area contributed by atoms with Gasteiger partial charge in [0.25, 0.3) is 5.91 Å². The number of hydrogen-bond acceptors (Lipinski definition) is 6. The van der Waals surface area contributed by atoms with Crippen LogP contribution in [0, 0.1) is 0 Å². The molecule has 2 aromatic heterocycles. The molecule has 3 rings (SSSR count). The third-order valence-corrected chi connectivity index (χ3v) is 3.91. The van der Waals surface area contributed by atoms with Crippen molar-refractivity contribution < 1.29 is 19.1 Å². The van der Waals surface area contributed by atoms with Crippen molar-refractivity contribution in [1.82, 2.24) is 25.0 Å². The first-order chi connectivity index (χ1) is 11.9. The average Bonchev–Trinajstić information content (AvgIpc) is 3.19. The van der Waals surface area contributed by atoms with E-state index in [0.717, 1.165) is 4.90 Å². The molecule has 1 aliphatic heterocycles. The molecule has 1 saturated heterocycles. The first kappa shape index (κ1) is 16.9. The Kier molecular flexibility index (Phi) is 4.39. The van der Waals surface area contributed by atoms with E-state index in [-0.39, 0.29) is 18.2 Å². The summed E-state index contributed by atoms with van der Waals surface area (Å²) < 4.78 is 6.94. The molecule has 9 heteroatoms. The molecule has 1 unspecified atom stereocenters. The number of nitrogens with one attached hydrogen (secondary N) is 1. The minimum Gasteiger partial charge on any atom is -0.449 e.